The summed E-state index contributed by atoms with van der Waals surface area (Å²) in [6.45, 7) is 7.57. The zero-order chi connectivity index (χ0) is 22.3. The zero-order valence-corrected chi connectivity index (χ0v) is 19.7. The Morgan fingerprint density at radius 2 is 1.73 bits per heavy atom. The summed E-state index contributed by atoms with van der Waals surface area (Å²) in [5.74, 6) is 0.772. The fourth-order valence-corrected chi connectivity index (χ4v) is 3.24. The van der Waals surface area contributed by atoms with Crippen LogP contribution in [0.15, 0.2) is 53.0 Å². The quantitative estimate of drug-likeness (QED) is 0.620. The van der Waals surface area contributed by atoms with Gasteiger partial charge in [0.1, 0.15) is 17.5 Å². The van der Waals surface area contributed by atoms with E-state index in [0.29, 0.717) is 18.0 Å². The molecule has 7 heteroatoms. The predicted molar refractivity (Wildman–Crippen MR) is 121 cm³/mol. The van der Waals surface area contributed by atoms with Crippen molar-refractivity contribution in [3.05, 3.63) is 58.6 Å². The van der Waals surface area contributed by atoms with Gasteiger partial charge in [0.25, 0.3) is 5.91 Å². The number of hydrogen-bond acceptors (Lipinski definition) is 4. The lowest BCUT2D eigenvalue weighted by Gasteiger charge is -2.31. The highest BCUT2D eigenvalue weighted by Crippen LogP contribution is 2.19. The first-order valence-electron chi connectivity index (χ1n) is 9.72. The molecule has 0 aliphatic heterocycles. The standard InChI is InChI=1S/C23H29BrN2O4/c1-16(22(28)25-23(2,3)4)26(14-17-7-6-8-18(24)13-17)21(27)15-30-20-11-9-19(29-5)10-12-20/h6-13,16H,14-15H2,1-5H3,(H,25,28)/t16-/m1/s1. The van der Waals surface area contributed by atoms with E-state index in [9.17, 15) is 9.59 Å². The van der Waals surface area contributed by atoms with E-state index < -0.39 is 11.6 Å². The van der Waals surface area contributed by atoms with E-state index in [1.165, 1.54) is 4.90 Å². The lowest BCUT2D eigenvalue weighted by atomic mass is 10.1. The van der Waals surface area contributed by atoms with Gasteiger partial charge in [-0.2, -0.15) is 0 Å². The highest BCUT2D eigenvalue weighted by molar-refractivity contribution is 9.10. The molecule has 6 nitrogen and oxygen atoms in total. The Hall–Kier alpha value is -2.54. The third kappa shape index (κ3) is 7.37. The molecule has 0 saturated carbocycles. The normalized spacial score (nSPS) is 12.1. The highest BCUT2D eigenvalue weighted by Gasteiger charge is 2.28. The fraction of sp³-hybridized carbons (Fsp3) is 0.391. The highest BCUT2D eigenvalue weighted by atomic mass is 79.9. The largest absolute Gasteiger partial charge is 0.497 e. The molecule has 0 saturated heterocycles. The molecule has 0 radical (unpaired) electrons. The van der Waals surface area contributed by atoms with Crippen LogP contribution in [0.3, 0.4) is 0 Å². The molecule has 2 aromatic rings. The molecular weight excluding hydrogens is 448 g/mol. The van der Waals surface area contributed by atoms with Crippen LogP contribution in [0.5, 0.6) is 11.5 Å². The topological polar surface area (TPSA) is 67.9 Å². The second kappa shape index (κ2) is 10.5. The molecule has 0 aliphatic carbocycles. The van der Waals surface area contributed by atoms with E-state index in [4.69, 9.17) is 9.47 Å². The Morgan fingerprint density at radius 3 is 2.30 bits per heavy atom. The molecule has 1 N–H and O–H groups in total. The average molecular weight is 477 g/mol. The van der Waals surface area contributed by atoms with Gasteiger partial charge in [-0.15, -0.1) is 0 Å². The Balaban J connectivity index is 2.15. The number of carbonyl (C=O) groups excluding carboxylic acids is 2. The van der Waals surface area contributed by atoms with Crippen LogP contribution in [-0.2, 0) is 16.1 Å². The van der Waals surface area contributed by atoms with Crippen LogP contribution in [0.1, 0.15) is 33.3 Å². The van der Waals surface area contributed by atoms with Crippen LogP contribution < -0.4 is 14.8 Å². The lowest BCUT2D eigenvalue weighted by Crippen LogP contribution is -2.53. The molecule has 0 unspecified atom stereocenters. The summed E-state index contributed by atoms with van der Waals surface area (Å²) < 4.78 is 11.7. The molecule has 0 aliphatic rings. The third-order valence-corrected chi connectivity index (χ3v) is 4.82. The van der Waals surface area contributed by atoms with Gasteiger partial charge in [0, 0.05) is 16.6 Å². The summed E-state index contributed by atoms with van der Waals surface area (Å²) in [4.78, 5) is 27.3. The molecule has 2 amide bonds. The van der Waals surface area contributed by atoms with Crippen LogP contribution in [0, 0.1) is 0 Å². The van der Waals surface area contributed by atoms with E-state index >= 15 is 0 Å². The molecule has 0 fully saturated rings. The number of methoxy groups -OCH3 is 1. The van der Waals surface area contributed by atoms with E-state index in [1.54, 1.807) is 38.3 Å². The van der Waals surface area contributed by atoms with Crippen molar-refractivity contribution in [3.63, 3.8) is 0 Å². The van der Waals surface area contributed by atoms with Gasteiger partial charge in [-0.3, -0.25) is 9.59 Å². The molecule has 2 rings (SSSR count). The minimum Gasteiger partial charge on any atom is -0.497 e. The lowest BCUT2D eigenvalue weighted by molar-refractivity contribution is -0.142. The molecule has 0 bridgehead atoms. The number of nitrogens with zero attached hydrogens (tertiary/aromatic N) is 1. The molecule has 1 atom stereocenters. The first-order chi connectivity index (χ1) is 14.1. The van der Waals surface area contributed by atoms with Gasteiger partial charge in [0.15, 0.2) is 6.61 Å². The second-order valence-corrected chi connectivity index (χ2v) is 8.95. The summed E-state index contributed by atoms with van der Waals surface area (Å²) in [5.41, 5.74) is 0.521. The summed E-state index contributed by atoms with van der Waals surface area (Å²) in [5, 5.41) is 2.94. The smallest absolute Gasteiger partial charge is 0.261 e. The van der Waals surface area contributed by atoms with Gasteiger partial charge in [0.2, 0.25) is 5.91 Å². The minimum atomic E-state index is -0.657. The summed E-state index contributed by atoms with van der Waals surface area (Å²) in [6.07, 6.45) is 0. The van der Waals surface area contributed by atoms with Crippen molar-refractivity contribution in [2.45, 2.75) is 45.8 Å². The van der Waals surface area contributed by atoms with Crippen molar-refractivity contribution >= 4 is 27.7 Å². The van der Waals surface area contributed by atoms with Crippen molar-refractivity contribution in [2.75, 3.05) is 13.7 Å². The summed E-state index contributed by atoms with van der Waals surface area (Å²) in [7, 11) is 1.59. The Morgan fingerprint density at radius 1 is 1.10 bits per heavy atom. The van der Waals surface area contributed by atoms with Gasteiger partial charge in [-0.25, -0.2) is 0 Å². The molecule has 0 aromatic heterocycles. The summed E-state index contributed by atoms with van der Waals surface area (Å²) >= 11 is 3.45. The fourth-order valence-electron chi connectivity index (χ4n) is 2.79. The number of carbonyl (C=O) groups is 2. The van der Waals surface area contributed by atoms with Gasteiger partial charge >= 0.3 is 0 Å². The van der Waals surface area contributed by atoms with Crippen molar-refractivity contribution in [3.8, 4) is 11.5 Å². The van der Waals surface area contributed by atoms with Crippen molar-refractivity contribution in [1.82, 2.24) is 10.2 Å². The molecule has 30 heavy (non-hydrogen) atoms. The maximum atomic E-state index is 13.0. The minimum absolute atomic E-state index is 0.173. The maximum absolute atomic E-state index is 13.0. The molecule has 2 aromatic carbocycles. The van der Waals surface area contributed by atoms with Gasteiger partial charge in [-0.1, -0.05) is 28.1 Å². The zero-order valence-electron chi connectivity index (χ0n) is 18.1. The van der Waals surface area contributed by atoms with Gasteiger partial charge in [0.05, 0.1) is 7.11 Å². The number of amides is 2. The van der Waals surface area contributed by atoms with Crippen LogP contribution in [0.4, 0.5) is 0 Å². The van der Waals surface area contributed by atoms with E-state index in [-0.39, 0.29) is 18.4 Å². The van der Waals surface area contributed by atoms with Crippen molar-refractivity contribution in [1.29, 1.82) is 0 Å². The van der Waals surface area contributed by atoms with Gasteiger partial charge < -0.3 is 19.7 Å². The number of rotatable bonds is 8. The SMILES string of the molecule is COc1ccc(OCC(=O)N(Cc2cccc(Br)c2)[C@H](C)C(=O)NC(C)(C)C)cc1. The van der Waals surface area contributed by atoms with Crippen LogP contribution in [0.25, 0.3) is 0 Å². The summed E-state index contributed by atoms with van der Waals surface area (Å²) in [6, 6.07) is 14.0. The molecule has 162 valence electrons. The number of hydrogen-bond donors (Lipinski definition) is 1. The van der Waals surface area contributed by atoms with Crippen LogP contribution in [-0.4, -0.2) is 42.0 Å². The second-order valence-electron chi connectivity index (χ2n) is 8.03. The number of nitrogens with one attached hydrogen (secondary N) is 1. The Bertz CT molecular complexity index is 862. The number of ether oxygens (including phenoxy) is 2. The van der Waals surface area contributed by atoms with Crippen molar-refractivity contribution < 1.29 is 19.1 Å². The molecule has 0 spiro atoms. The molecular formula is C23H29BrN2O4. The number of benzene rings is 2. The number of halogens is 1. The van der Waals surface area contributed by atoms with Crippen LogP contribution >= 0.6 is 15.9 Å². The first-order valence-corrected chi connectivity index (χ1v) is 10.5. The predicted octanol–water partition coefficient (Wildman–Crippen LogP) is 4.17. The average Bonchev–Trinajstić information content (AvgIpc) is 2.69. The van der Waals surface area contributed by atoms with E-state index in [1.807, 2.05) is 45.0 Å². The van der Waals surface area contributed by atoms with E-state index in [0.717, 1.165) is 10.0 Å². The van der Waals surface area contributed by atoms with E-state index in [2.05, 4.69) is 21.2 Å². The first kappa shape index (κ1) is 23.7. The third-order valence-electron chi connectivity index (χ3n) is 4.33. The maximum Gasteiger partial charge on any atom is 0.261 e. The van der Waals surface area contributed by atoms with Crippen LogP contribution in [0.2, 0.25) is 0 Å². The monoisotopic (exact) mass is 476 g/mol. The Labute approximate surface area is 186 Å². The van der Waals surface area contributed by atoms with Crippen molar-refractivity contribution in [2.24, 2.45) is 0 Å². The molecule has 0 heterocycles. The Kier molecular flexibility index (Phi) is 8.29. The van der Waals surface area contributed by atoms with Gasteiger partial charge in [-0.05, 0) is 69.7 Å².